The number of amides is 2. The highest BCUT2D eigenvalue weighted by molar-refractivity contribution is 9.10. The van der Waals surface area contributed by atoms with E-state index in [0.29, 0.717) is 0 Å². The molecular formula is C28H31BrClN3O4S. The lowest BCUT2D eigenvalue weighted by molar-refractivity contribution is -0.140. The van der Waals surface area contributed by atoms with Crippen molar-refractivity contribution >= 4 is 55.1 Å². The third-order valence-corrected chi connectivity index (χ3v) is 7.74. The van der Waals surface area contributed by atoms with E-state index in [1.165, 1.54) is 4.90 Å². The number of carbonyl (C=O) groups excluding carboxylic acids is 2. The Hall–Kier alpha value is -2.88. The van der Waals surface area contributed by atoms with Crippen LogP contribution in [-0.4, -0.2) is 50.0 Å². The molecule has 38 heavy (non-hydrogen) atoms. The molecule has 0 aliphatic rings. The van der Waals surface area contributed by atoms with Crippen LogP contribution in [0.5, 0.6) is 0 Å². The van der Waals surface area contributed by atoms with Gasteiger partial charge in [0, 0.05) is 23.5 Å². The molecule has 1 N–H and O–H groups in total. The lowest BCUT2D eigenvalue weighted by Crippen LogP contribution is -2.54. The molecule has 0 aliphatic carbocycles. The standard InChI is InChI=1S/C28H31BrClN3O4S/c1-20(2)31-28(35)26(17-21-9-5-4-6-10-21)32(18-22-13-15-23(29)16-14-22)27(34)19-33(38(3,36)37)25-12-8-7-11-24(25)30/h4-16,20,26H,17-19H2,1-3H3,(H,31,35)/t26-/m0/s1. The van der Waals surface area contributed by atoms with E-state index in [2.05, 4.69) is 21.2 Å². The van der Waals surface area contributed by atoms with Crippen LogP contribution >= 0.6 is 27.5 Å². The summed E-state index contributed by atoms with van der Waals surface area (Å²) in [4.78, 5) is 28.9. The van der Waals surface area contributed by atoms with Gasteiger partial charge >= 0.3 is 0 Å². The molecule has 0 heterocycles. The summed E-state index contributed by atoms with van der Waals surface area (Å²) in [7, 11) is -3.88. The van der Waals surface area contributed by atoms with Crippen LogP contribution in [0.4, 0.5) is 5.69 Å². The number of anilines is 1. The van der Waals surface area contributed by atoms with E-state index in [-0.39, 0.29) is 35.6 Å². The van der Waals surface area contributed by atoms with E-state index in [1.54, 1.807) is 24.3 Å². The number of nitrogens with one attached hydrogen (secondary N) is 1. The monoisotopic (exact) mass is 619 g/mol. The van der Waals surface area contributed by atoms with Gasteiger partial charge in [0.25, 0.3) is 0 Å². The van der Waals surface area contributed by atoms with Crippen LogP contribution in [0, 0.1) is 0 Å². The van der Waals surface area contributed by atoms with Crippen LogP contribution in [0.3, 0.4) is 0 Å². The molecule has 0 spiro atoms. The topological polar surface area (TPSA) is 86.8 Å². The molecule has 0 aromatic heterocycles. The summed E-state index contributed by atoms with van der Waals surface area (Å²) in [5.41, 5.74) is 1.86. The zero-order valence-electron chi connectivity index (χ0n) is 21.5. The van der Waals surface area contributed by atoms with Gasteiger partial charge in [-0.2, -0.15) is 0 Å². The number of sulfonamides is 1. The second kappa shape index (κ2) is 13.3. The molecule has 3 aromatic rings. The number of hydrogen-bond donors (Lipinski definition) is 1. The fraction of sp³-hybridized carbons (Fsp3) is 0.286. The fourth-order valence-corrected chi connectivity index (χ4v) is 5.38. The van der Waals surface area contributed by atoms with E-state index >= 15 is 0 Å². The average Bonchev–Trinajstić information content (AvgIpc) is 2.85. The number of benzene rings is 3. The van der Waals surface area contributed by atoms with Gasteiger partial charge in [0.15, 0.2) is 0 Å². The molecule has 0 radical (unpaired) electrons. The molecule has 3 rings (SSSR count). The maximum absolute atomic E-state index is 14.0. The third-order valence-electron chi connectivity index (χ3n) is 5.77. The Morgan fingerprint density at radius 3 is 2.11 bits per heavy atom. The third kappa shape index (κ3) is 8.31. The van der Waals surface area contributed by atoms with E-state index in [9.17, 15) is 18.0 Å². The number of rotatable bonds is 11. The van der Waals surface area contributed by atoms with Gasteiger partial charge in [-0.05, 0) is 49.2 Å². The molecule has 0 unspecified atom stereocenters. The van der Waals surface area contributed by atoms with Crippen LogP contribution in [0.1, 0.15) is 25.0 Å². The maximum Gasteiger partial charge on any atom is 0.244 e. The average molecular weight is 621 g/mol. The van der Waals surface area contributed by atoms with Gasteiger partial charge in [-0.15, -0.1) is 0 Å². The van der Waals surface area contributed by atoms with Crippen molar-refractivity contribution in [1.29, 1.82) is 0 Å². The predicted molar refractivity (Wildman–Crippen MR) is 156 cm³/mol. The first kappa shape index (κ1) is 29.7. The van der Waals surface area contributed by atoms with Crippen molar-refractivity contribution in [2.75, 3.05) is 17.1 Å². The van der Waals surface area contributed by atoms with E-state index in [1.807, 2.05) is 68.4 Å². The second-order valence-electron chi connectivity index (χ2n) is 9.24. The molecule has 0 aliphatic heterocycles. The molecule has 0 fully saturated rings. The lowest BCUT2D eigenvalue weighted by atomic mass is 10.0. The molecule has 202 valence electrons. The molecule has 0 saturated heterocycles. The molecular weight excluding hydrogens is 590 g/mol. The van der Waals surface area contributed by atoms with Gasteiger partial charge in [0.05, 0.1) is 17.0 Å². The van der Waals surface area contributed by atoms with E-state index in [0.717, 1.165) is 26.2 Å². The highest BCUT2D eigenvalue weighted by Crippen LogP contribution is 2.28. The Morgan fingerprint density at radius 1 is 0.921 bits per heavy atom. The molecule has 0 saturated carbocycles. The predicted octanol–water partition coefficient (Wildman–Crippen LogP) is 5.03. The summed E-state index contributed by atoms with van der Waals surface area (Å²) >= 11 is 9.73. The Kier molecular flexibility index (Phi) is 10.4. The summed E-state index contributed by atoms with van der Waals surface area (Å²) in [5, 5.41) is 3.12. The smallest absolute Gasteiger partial charge is 0.244 e. The van der Waals surface area contributed by atoms with Gasteiger partial charge in [-0.25, -0.2) is 8.42 Å². The Labute approximate surface area is 238 Å². The van der Waals surface area contributed by atoms with Gasteiger partial charge in [0.2, 0.25) is 21.8 Å². The highest BCUT2D eigenvalue weighted by Gasteiger charge is 2.33. The van der Waals surface area contributed by atoms with Crippen molar-refractivity contribution in [2.24, 2.45) is 0 Å². The summed E-state index contributed by atoms with van der Waals surface area (Å²) in [6, 6.07) is 22.2. The Bertz CT molecular complexity index is 1350. The number of carbonyl (C=O) groups is 2. The van der Waals surface area contributed by atoms with Gasteiger partial charge in [-0.1, -0.05) is 82.1 Å². The van der Waals surface area contributed by atoms with Gasteiger partial charge in [-0.3, -0.25) is 13.9 Å². The largest absolute Gasteiger partial charge is 0.352 e. The molecule has 2 amide bonds. The first-order valence-electron chi connectivity index (χ1n) is 12.1. The molecule has 3 aromatic carbocycles. The van der Waals surface area contributed by atoms with Crippen LogP contribution in [-0.2, 0) is 32.6 Å². The summed E-state index contributed by atoms with van der Waals surface area (Å²) < 4.78 is 27.4. The quantitative estimate of drug-likeness (QED) is 0.326. The van der Waals surface area contributed by atoms with Crippen LogP contribution in [0.2, 0.25) is 5.02 Å². The zero-order chi connectivity index (χ0) is 27.9. The molecule has 10 heteroatoms. The van der Waals surface area contributed by atoms with Crippen molar-refractivity contribution < 1.29 is 18.0 Å². The first-order valence-corrected chi connectivity index (χ1v) is 15.1. The van der Waals surface area contributed by atoms with E-state index < -0.39 is 28.5 Å². The Morgan fingerprint density at radius 2 is 1.53 bits per heavy atom. The van der Waals surface area contributed by atoms with Crippen LogP contribution in [0.15, 0.2) is 83.3 Å². The van der Waals surface area contributed by atoms with Gasteiger partial charge in [0.1, 0.15) is 12.6 Å². The number of hydrogen-bond acceptors (Lipinski definition) is 4. The number of nitrogens with zero attached hydrogens (tertiary/aromatic N) is 2. The number of para-hydroxylation sites is 1. The van der Waals surface area contributed by atoms with Crippen LogP contribution in [0.25, 0.3) is 0 Å². The normalized spacial score (nSPS) is 12.2. The van der Waals surface area contributed by atoms with Crippen molar-refractivity contribution in [1.82, 2.24) is 10.2 Å². The maximum atomic E-state index is 14.0. The van der Waals surface area contributed by atoms with Crippen LogP contribution < -0.4 is 9.62 Å². The zero-order valence-corrected chi connectivity index (χ0v) is 24.6. The Balaban J connectivity index is 2.06. The van der Waals surface area contributed by atoms with Crippen molar-refractivity contribution in [2.45, 2.75) is 38.9 Å². The molecule has 0 bridgehead atoms. The van der Waals surface area contributed by atoms with Crippen molar-refractivity contribution in [3.63, 3.8) is 0 Å². The van der Waals surface area contributed by atoms with Crippen molar-refractivity contribution in [3.8, 4) is 0 Å². The fourth-order valence-electron chi connectivity index (χ4n) is 3.97. The SMILES string of the molecule is CC(C)NC(=O)[C@H](Cc1ccccc1)N(Cc1ccc(Br)cc1)C(=O)CN(c1ccccc1Cl)S(C)(=O)=O. The number of halogens is 2. The van der Waals surface area contributed by atoms with Crippen molar-refractivity contribution in [3.05, 3.63) is 99.5 Å². The minimum absolute atomic E-state index is 0.106. The molecule has 7 nitrogen and oxygen atoms in total. The minimum atomic E-state index is -3.88. The van der Waals surface area contributed by atoms with E-state index in [4.69, 9.17) is 11.6 Å². The highest BCUT2D eigenvalue weighted by atomic mass is 79.9. The summed E-state index contributed by atoms with van der Waals surface area (Å²) in [6.07, 6.45) is 1.28. The minimum Gasteiger partial charge on any atom is -0.352 e. The summed E-state index contributed by atoms with van der Waals surface area (Å²) in [6.45, 7) is 3.29. The summed E-state index contributed by atoms with van der Waals surface area (Å²) in [5.74, 6) is -0.851. The second-order valence-corrected chi connectivity index (χ2v) is 12.5. The van der Waals surface area contributed by atoms with Gasteiger partial charge < -0.3 is 10.2 Å². The lowest BCUT2D eigenvalue weighted by Gasteiger charge is -2.34. The molecule has 1 atom stereocenters. The first-order chi connectivity index (χ1) is 18.0.